The largest absolute Gasteiger partial charge is 0.377 e. The molecule has 0 aliphatic carbocycles. The van der Waals surface area contributed by atoms with Gasteiger partial charge in [-0.3, -0.25) is 0 Å². The fourth-order valence-electron chi connectivity index (χ4n) is 2.60. The van der Waals surface area contributed by atoms with Gasteiger partial charge in [-0.1, -0.05) is 50.6 Å². The Labute approximate surface area is 162 Å². The number of hydrogen-bond donors (Lipinski definition) is 1. The van der Waals surface area contributed by atoms with Gasteiger partial charge in [0.05, 0.1) is 5.60 Å². The van der Waals surface area contributed by atoms with Crippen LogP contribution < -0.4 is 5.73 Å². The standard InChI is InChI=1S/C13H20FNOS.C9H12/c1-3-13(16-2,8-9-15)10-17-12-6-4-11(14)5-7-12;1-2-6-9-7-4-3-5-8-9/h4-7H,3,8-10,15H2,1-2H3;3-5,7-8H,2,6H2,1H3. The molecule has 0 fully saturated rings. The Hall–Kier alpha value is -1.36. The summed E-state index contributed by atoms with van der Waals surface area (Å²) >= 11 is 1.68. The maximum atomic E-state index is 12.8. The van der Waals surface area contributed by atoms with E-state index >= 15 is 0 Å². The predicted molar refractivity (Wildman–Crippen MR) is 111 cm³/mol. The minimum atomic E-state index is -0.204. The molecule has 2 N–H and O–H groups in total. The lowest BCUT2D eigenvalue weighted by atomic mass is 9.99. The van der Waals surface area contributed by atoms with Crippen LogP contribution in [0.3, 0.4) is 0 Å². The number of rotatable bonds is 9. The molecule has 0 aliphatic rings. The molecular formula is C22H32FNOS. The molecule has 2 rings (SSSR count). The molecule has 0 heterocycles. The van der Waals surface area contributed by atoms with E-state index in [9.17, 15) is 4.39 Å². The van der Waals surface area contributed by atoms with Gasteiger partial charge in [-0.25, -0.2) is 4.39 Å². The van der Waals surface area contributed by atoms with Gasteiger partial charge in [0.15, 0.2) is 0 Å². The number of halogens is 1. The summed E-state index contributed by atoms with van der Waals surface area (Å²) in [6.07, 6.45) is 4.22. The van der Waals surface area contributed by atoms with Gasteiger partial charge in [-0.2, -0.15) is 0 Å². The molecule has 4 heteroatoms. The van der Waals surface area contributed by atoms with Gasteiger partial charge >= 0.3 is 0 Å². The highest BCUT2D eigenvalue weighted by molar-refractivity contribution is 7.99. The highest BCUT2D eigenvalue weighted by Crippen LogP contribution is 2.29. The third-order valence-corrected chi connectivity index (χ3v) is 5.65. The number of thioether (sulfide) groups is 1. The van der Waals surface area contributed by atoms with E-state index in [2.05, 4.69) is 44.2 Å². The summed E-state index contributed by atoms with van der Waals surface area (Å²) in [4.78, 5) is 1.05. The quantitative estimate of drug-likeness (QED) is 0.569. The summed E-state index contributed by atoms with van der Waals surface area (Å²) in [5.41, 5.74) is 6.89. The van der Waals surface area contributed by atoms with Crippen LogP contribution in [0.1, 0.15) is 38.7 Å². The second-order valence-electron chi connectivity index (χ2n) is 6.26. The second kappa shape index (κ2) is 12.9. The van der Waals surface area contributed by atoms with Crippen molar-refractivity contribution in [1.29, 1.82) is 0 Å². The molecule has 0 saturated carbocycles. The summed E-state index contributed by atoms with van der Waals surface area (Å²) < 4.78 is 18.4. The number of nitrogens with two attached hydrogens (primary N) is 1. The van der Waals surface area contributed by atoms with E-state index in [4.69, 9.17) is 10.5 Å². The van der Waals surface area contributed by atoms with Crippen LogP contribution in [0, 0.1) is 5.82 Å². The number of benzene rings is 2. The lowest BCUT2D eigenvalue weighted by Gasteiger charge is -2.30. The van der Waals surface area contributed by atoms with Crippen LogP contribution in [-0.2, 0) is 11.2 Å². The first-order valence-corrected chi connectivity index (χ1v) is 10.2. The van der Waals surface area contributed by atoms with Crippen molar-refractivity contribution < 1.29 is 9.13 Å². The zero-order chi connectivity index (χ0) is 19.3. The minimum absolute atomic E-state index is 0.173. The van der Waals surface area contributed by atoms with Crippen molar-refractivity contribution in [3.63, 3.8) is 0 Å². The van der Waals surface area contributed by atoms with E-state index in [-0.39, 0.29) is 11.4 Å². The Kier molecular flexibility index (Phi) is 11.3. The van der Waals surface area contributed by atoms with E-state index in [0.717, 1.165) is 23.5 Å². The second-order valence-corrected chi connectivity index (χ2v) is 7.31. The number of hydrogen-bond acceptors (Lipinski definition) is 3. The summed E-state index contributed by atoms with van der Waals surface area (Å²) in [7, 11) is 1.73. The number of methoxy groups -OCH3 is 1. The van der Waals surface area contributed by atoms with Gasteiger partial charge in [-0.05, 0) is 55.6 Å². The molecule has 0 bridgehead atoms. The Morgan fingerprint density at radius 2 is 1.69 bits per heavy atom. The van der Waals surface area contributed by atoms with E-state index in [1.54, 1.807) is 31.0 Å². The molecule has 0 spiro atoms. The molecule has 0 aliphatic heterocycles. The van der Waals surface area contributed by atoms with Crippen molar-refractivity contribution >= 4 is 11.8 Å². The van der Waals surface area contributed by atoms with Crippen molar-refractivity contribution in [3.8, 4) is 0 Å². The molecule has 144 valence electrons. The maximum absolute atomic E-state index is 12.8. The molecule has 2 nitrogen and oxygen atoms in total. The van der Waals surface area contributed by atoms with Crippen LogP contribution in [-0.4, -0.2) is 25.0 Å². The first-order chi connectivity index (χ1) is 12.6. The molecule has 1 unspecified atom stereocenters. The van der Waals surface area contributed by atoms with Gasteiger partial charge in [0.2, 0.25) is 0 Å². The van der Waals surface area contributed by atoms with Gasteiger partial charge in [0.25, 0.3) is 0 Å². The number of ether oxygens (including phenoxy) is 1. The molecule has 0 radical (unpaired) electrons. The van der Waals surface area contributed by atoms with Crippen molar-refractivity contribution in [2.24, 2.45) is 5.73 Å². The minimum Gasteiger partial charge on any atom is -0.377 e. The zero-order valence-corrected chi connectivity index (χ0v) is 17.0. The first-order valence-electron chi connectivity index (χ1n) is 9.26. The highest BCUT2D eigenvalue weighted by Gasteiger charge is 2.26. The van der Waals surface area contributed by atoms with Crippen molar-refractivity contribution in [2.75, 3.05) is 19.4 Å². The van der Waals surface area contributed by atoms with Crippen LogP contribution in [0.15, 0.2) is 59.5 Å². The molecule has 0 aromatic heterocycles. The fourth-order valence-corrected chi connectivity index (χ4v) is 3.82. The lowest BCUT2D eigenvalue weighted by molar-refractivity contribution is 0.00221. The molecule has 0 amide bonds. The van der Waals surface area contributed by atoms with E-state index in [1.807, 2.05) is 0 Å². The Morgan fingerprint density at radius 3 is 2.19 bits per heavy atom. The van der Waals surface area contributed by atoms with Crippen LogP contribution in [0.25, 0.3) is 0 Å². The van der Waals surface area contributed by atoms with Gasteiger partial charge in [0.1, 0.15) is 5.82 Å². The van der Waals surface area contributed by atoms with Crippen molar-refractivity contribution in [2.45, 2.75) is 50.0 Å². The molecular weight excluding hydrogens is 345 g/mol. The van der Waals surface area contributed by atoms with Gasteiger partial charge in [-0.15, -0.1) is 11.8 Å². The summed E-state index contributed by atoms with van der Waals surface area (Å²) in [6, 6.07) is 17.1. The highest BCUT2D eigenvalue weighted by atomic mass is 32.2. The van der Waals surface area contributed by atoms with Crippen LogP contribution in [0.2, 0.25) is 0 Å². The molecule has 1 atom stereocenters. The monoisotopic (exact) mass is 377 g/mol. The average molecular weight is 378 g/mol. The third-order valence-electron chi connectivity index (χ3n) is 4.37. The predicted octanol–water partition coefficient (Wildman–Crippen LogP) is 5.70. The normalized spacial score (nSPS) is 12.8. The molecule has 2 aromatic carbocycles. The van der Waals surface area contributed by atoms with Crippen LogP contribution in [0.4, 0.5) is 4.39 Å². The fraction of sp³-hybridized carbons (Fsp3) is 0.455. The van der Waals surface area contributed by atoms with E-state index in [0.29, 0.717) is 6.54 Å². The zero-order valence-electron chi connectivity index (χ0n) is 16.2. The third kappa shape index (κ3) is 8.35. The summed E-state index contributed by atoms with van der Waals surface area (Å²) in [5.74, 6) is 0.632. The Morgan fingerprint density at radius 1 is 1.04 bits per heavy atom. The average Bonchev–Trinajstić information content (AvgIpc) is 2.68. The summed E-state index contributed by atoms with van der Waals surface area (Å²) in [5, 5.41) is 0. The maximum Gasteiger partial charge on any atom is 0.123 e. The van der Waals surface area contributed by atoms with Gasteiger partial charge in [0, 0.05) is 17.8 Å². The molecule has 0 saturated heterocycles. The number of aryl methyl sites for hydroxylation is 1. The van der Waals surface area contributed by atoms with E-state index < -0.39 is 0 Å². The van der Waals surface area contributed by atoms with Crippen LogP contribution >= 0.6 is 11.8 Å². The summed E-state index contributed by atoms with van der Waals surface area (Å²) in [6.45, 7) is 4.92. The van der Waals surface area contributed by atoms with E-state index in [1.165, 1.54) is 30.5 Å². The first kappa shape index (κ1) is 22.7. The molecule has 26 heavy (non-hydrogen) atoms. The van der Waals surface area contributed by atoms with Gasteiger partial charge < -0.3 is 10.5 Å². The Balaban J connectivity index is 0.000000314. The topological polar surface area (TPSA) is 35.2 Å². The lowest BCUT2D eigenvalue weighted by Crippen LogP contribution is -2.36. The van der Waals surface area contributed by atoms with Crippen LogP contribution in [0.5, 0.6) is 0 Å². The molecule has 2 aromatic rings. The Bertz CT molecular complexity index is 585. The van der Waals surface area contributed by atoms with Crippen molar-refractivity contribution in [1.82, 2.24) is 0 Å². The smallest absolute Gasteiger partial charge is 0.123 e. The van der Waals surface area contributed by atoms with Crippen molar-refractivity contribution in [3.05, 3.63) is 66.0 Å². The SMILES string of the molecule is CCC(CCN)(CSc1ccc(F)cc1)OC.CCCc1ccccc1.